The zero-order valence-electron chi connectivity index (χ0n) is 9.61. The van der Waals surface area contributed by atoms with Gasteiger partial charge in [-0.25, -0.2) is 0 Å². The highest BCUT2D eigenvalue weighted by Gasteiger charge is 1.97. The first-order chi connectivity index (χ1) is 7.68. The van der Waals surface area contributed by atoms with Crippen LogP contribution in [0, 0.1) is 6.92 Å². The molecule has 3 heteroatoms. The molecule has 0 radical (unpaired) electrons. The summed E-state index contributed by atoms with van der Waals surface area (Å²) < 4.78 is 5.52. The van der Waals surface area contributed by atoms with Crippen LogP contribution >= 0.6 is 0 Å². The van der Waals surface area contributed by atoms with Crippen LogP contribution in [0.25, 0.3) is 0 Å². The van der Waals surface area contributed by atoms with E-state index in [2.05, 4.69) is 0 Å². The van der Waals surface area contributed by atoms with Crippen LogP contribution in [-0.4, -0.2) is 17.7 Å². The second kappa shape index (κ2) is 6.88. The summed E-state index contributed by atoms with van der Waals surface area (Å²) in [6, 6.07) is 7.93. The molecule has 0 amide bonds. The van der Waals surface area contributed by atoms with E-state index in [4.69, 9.17) is 9.84 Å². The molecule has 1 rings (SSSR count). The van der Waals surface area contributed by atoms with Crippen molar-refractivity contribution in [2.45, 2.75) is 32.6 Å². The number of carbonyl (C=O) groups is 1. The highest BCUT2D eigenvalue weighted by molar-refractivity contribution is 5.66. The summed E-state index contributed by atoms with van der Waals surface area (Å²) in [5.41, 5.74) is 1.22. The van der Waals surface area contributed by atoms with Gasteiger partial charge in [0.2, 0.25) is 0 Å². The van der Waals surface area contributed by atoms with Gasteiger partial charge in [-0.2, -0.15) is 0 Å². The lowest BCUT2D eigenvalue weighted by Gasteiger charge is -2.05. The van der Waals surface area contributed by atoms with Crippen molar-refractivity contribution in [3.8, 4) is 5.75 Å². The maximum Gasteiger partial charge on any atom is 0.303 e. The fraction of sp³-hybridized carbons (Fsp3) is 0.462. The Balaban J connectivity index is 2.07. The van der Waals surface area contributed by atoms with Crippen molar-refractivity contribution in [2.24, 2.45) is 0 Å². The molecule has 0 aliphatic rings. The predicted molar refractivity (Wildman–Crippen MR) is 62.8 cm³/mol. The highest BCUT2D eigenvalue weighted by atomic mass is 16.5. The van der Waals surface area contributed by atoms with Gasteiger partial charge in [-0.05, 0) is 38.3 Å². The maximum absolute atomic E-state index is 10.3. The van der Waals surface area contributed by atoms with E-state index in [9.17, 15) is 4.79 Å². The van der Waals surface area contributed by atoms with E-state index in [1.165, 1.54) is 5.56 Å². The number of benzene rings is 1. The fourth-order valence-electron chi connectivity index (χ4n) is 1.38. The van der Waals surface area contributed by atoms with E-state index >= 15 is 0 Å². The van der Waals surface area contributed by atoms with Gasteiger partial charge >= 0.3 is 5.97 Å². The summed E-state index contributed by atoms with van der Waals surface area (Å²) in [4.78, 5) is 10.3. The fourth-order valence-corrected chi connectivity index (χ4v) is 1.38. The molecular weight excluding hydrogens is 204 g/mol. The summed E-state index contributed by atoms with van der Waals surface area (Å²) in [6.45, 7) is 2.69. The van der Waals surface area contributed by atoms with Gasteiger partial charge in [-0.1, -0.05) is 17.7 Å². The summed E-state index contributed by atoms with van der Waals surface area (Å²) in [5, 5.41) is 8.44. The molecule has 1 aromatic carbocycles. The molecule has 0 spiro atoms. The van der Waals surface area contributed by atoms with Gasteiger partial charge in [0.05, 0.1) is 6.61 Å². The van der Waals surface area contributed by atoms with Crippen LogP contribution in [0.1, 0.15) is 31.2 Å². The van der Waals surface area contributed by atoms with Gasteiger partial charge in [0.15, 0.2) is 0 Å². The van der Waals surface area contributed by atoms with Gasteiger partial charge < -0.3 is 9.84 Å². The van der Waals surface area contributed by atoms with Gasteiger partial charge in [-0.15, -0.1) is 0 Å². The first-order valence-electron chi connectivity index (χ1n) is 5.60. The van der Waals surface area contributed by atoms with Gasteiger partial charge in [-0.3, -0.25) is 4.79 Å². The van der Waals surface area contributed by atoms with Gasteiger partial charge in [0.1, 0.15) is 5.75 Å². The molecule has 3 nitrogen and oxygen atoms in total. The number of ether oxygens (including phenoxy) is 1. The Morgan fingerprint density at radius 3 is 2.50 bits per heavy atom. The second-order valence-corrected chi connectivity index (χ2v) is 3.87. The van der Waals surface area contributed by atoms with Crippen LogP contribution in [0.5, 0.6) is 5.75 Å². The second-order valence-electron chi connectivity index (χ2n) is 3.87. The zero-order valence-corrected chi connectivity index (χ0v) is 9.61. The molecule has 0 saturated carbocycles. The van der Waals surface area contributed by atoms with Crippen LogP contribution < -0.4 is 4.74 Å². The van der Waals surface area contributed by atoms with Crippen LogP contribution in [0.15, 0.2) is 24.3 Å². The predicted octanol–water partition coefficient (Wildman–Crippen LogP) is 3.02. The molecule has 0 heterocycles. The maximum atomic E-state index is 10.3. The summed E-state index contributed by atoms with van der Waals surface area (Å²) in [7, 11) is 0. The smallest absolute Gasteiger partial charge is 0.303 e. The van der Waals surface area contributed by atoms with Gasteiger partial charge in [0, 0.05) is 6.42 Å². The number of aliphatic carboxylic acids is 1. The van der Waals surface area contributed by atoms with E-state index in [1.54, 1.807) is 0 Å². The van der Waals surface area contributed by atoms with E-state index < -0.39 is 5.97 Å². The van der Waals surface area contributed by atoms with Crippen LogP contribution in [0.2, 0.25) is 0 Å². The molecule has 1 N–H and O–H groups in total. The minimum Gasteiger partial charge on any atom is -0.494 e. The highest BCUT2D eigenvalue weighted by Crippen LogP contribution is 2.12. The Hall–Kier alpha value is -1.51. The third-order valence-electron chi connectivity index (χ3n) is 2.32. The lowest BCUT2D eigenvalue weighted by atomic mass is 10.2. The lowest BCUT2D eigenvalue weighted by molar-refractivity contribution is -0.137. The minimum absolute atomic E-state index is 0.254. The van der Waals surface area contributed by atoms with Crippen molar-refractivity contribution in [1.82, 2.24) is 0 Å². The molecule has 0 aromatic heterocycles. The molecule has 0 fully saturated rings. The van der Waals surface area contributed by atoms with Crippen molar-refractivity contribution < 1.29 is 14.6 Å². The SMILES string of the molecule is Cc1ccc(OCCCCCC(=O)O)cc1. The summed E-state index contributed by atoms with van der Waals surface area (Å²) in [5.74, 6) is 0.156. The third-order valence-corrected chi connectivity index (χ3v) is 2.32. The summed E-state index contributed by atoms with van der Waals surface area (Å²) >= 11 is 0. The largest absolute Gasteiger partial charge is 0.494 e. The Morgan fingerprint density at radius 1 is 1.19 bits per heavy atom. The molecule has 1 aromatic rings. The molecule has 88 valence electrons. The Labute approximate surface area is 96.1 Å². The van der Waals surface area contributed by atoms with Crippen molar-refractivity contribution in [2.75, 3.05) is 6.61 Å². The quantitative estimate of drug-likeness (QED) is 0.721. The molecule has 16 heavy (non-hydrogen) atoms. The number of rotatable bonds is 7. The number of hydrogen-bond donors (Lipinski definition) is 1. The first-order valence-corrected chi connectivity index (χ1v) is 5.60. The van der Waals surface area contributed by atoms with E-state index in [-0.39, 0.29) is 6.42 Å². The number of aryl methyl sites for hydroxylation is 1. The number of hydrogen-bond acceptors (Lipinski definition) is 2. The molecule has 0 saturated heterocycles. The zero-order chi connectivity index (χ0) is 11.8. The summed E-state index contributed by atoms with van der Waals surface area (Å²) in [6.07, 6.45) is 2.79. The molecular formula is C13H18O3. The minimum atomic E-state index is -0.723. The molecule has 0 atom stereocenters. The van der Waals surface area contributed by atoms with E-state index in [0.717, 1.165) is 25.0 Å². The third kappa shape index (κ3) is 5.39. The first kappa shape index (κ1) is 12.6. The average Bonchev–Trinajstić information content (AvgIpc) is 2.25. The standard InChI is InChI=1S/C13H18O3/c1-11-6-8-12(9-7-11)16-10-4-2-3-5-13(14)15/h6-9H,2-5,10H2,1H3,(H,14,15). The van der Waals surface area contributed by atoms with Crippen LogP contribution in [0.4, 0.5) is 0 Å². The lowest BCUT2D eigenvalue weighted by Crippen LogP contribution is -1.99. The van der Waals surface area contributed by atoms with Crippen LogP contribution in [-0.2, 0) is 4.79 Å². The van der Waals surface area contributed by atoms with Crippen molar-refractivity contribution in [3.63, 3.8) is 0 Å². The topological polar surface area (TPSA) is 46.5 Å². The Kier molecular flexibility index (Phi) is 5.40. The average molecular weight is 222 g/mol. The number of unbranched alkanes of at least 4 members (excludes halogenated alkanes) is 2. The Bertz CT molecular complexity index is 316. The van der Waals surface area contributed by atoms with Crippen molar-refractivity contribution >= 4 is 5.97 Å². The van der Waals surface area contributed by atoms with Crippen molar-refractivity contribution in [1.29, 1.82) is 0 Å². The molecule has 0 aliphatic carbocycles. The number of carboxylic acids is 1. The molecule has 0 aliphatic heterocycles. The van der Waals surface area contributed by atoms with E-state index in [0.29, 0.717) is 6.61 Å². The molecule has 0 unspecified atom stereocenters. The van der Waals surface area contributed by atoms with Crippen LogP contribution in [0.3, 0.4) is 0 Å². The normalized spacial score (nSPS) is 10.1. The van der Waals surface area contributed by atoms with E-state index in [1.807, 2.05) is 31.2 Å². The Morgan fingerprint density at radius 2 is 1.88 bits per heavy atom. The molecule has 0 bridgehead atoms. The number of carboxylic acid groups (broad SMARTS) is 1. The van der Waals surface area contributed by atoms with Gasteiger partial charge in [0.25, 0.3) is 0 Å². The van der Waals surface area contributed by atoms with Crippen molar-refractivity contribution in [3.05, 3.63) is 29.8 Å². The monoisotopic (exact) mass is 222 g/mol.